The van der Waals surface area contributed by atoms with Gasteiger partial charge in [0.05, 0.1) is 0 Å². The van der Waals surface area contributed by atoms with Gasteiger partial charge in [-0.15, -0.1) is 0 Å². The number of aryl methyl sites for hydroxylation is 1. The van der Waals surface area contributed by atoms with Gasteiger partial charge in [-0.25, -0.2) is 14.8 Å². The Bertz CT molecular complexity index is 897. The van der Waals surface area contributed by atoms with Crippen LogP contribution in [0.1, 0.15) is 12.0 Å². The molecule has 1 aromatic heterocycles. The van der Waals surface area contributed by atoms with Crippen LogP contribution in [0.5, 0.6) is 11.8 Å². The van der Waals surface area contributed by atoms with Crippen molar-refractivity contribution in [1.82, 2.24) is 15.3 Å². The monoisotopic (exact) mass is 391 g/mol. The third kappa shape index (κ3) is 6.49. The fourth-order valence-electron chi connectivity index (χ4n) is 2.68. The van der Waals surface area contributed by atoms with Crippen LogP contribution >= 0.6 is 0 Å². The van der Waals surface area contributed by atoms with Crippen LogP contribution in [0.3, 0.4) is 0 Å². The molecule has 0 radical (unpaired) electrons. The van der Waals surface area contributed by atoms with E-state index in [1.165, 1.54) is 11.3 Å². The quantitative estimate of drug-likeness (QED) is 0.566. The van der Waals surface area contributed by atoms with E-state index in [4.69, 9.17) is 4.74 Å². The molecule has 0 unspecified atom stereocenters. The second kappa shape index (κ2) is 10.1. The van der Waals surface area contributed by atoms with E-state index < -0.39 is 0 Å². The van der Waals surface area contributed by atoms with Gasteiger partial charge in [-0.05, 0) is 60.9 Å². The highest BCUT2D eigenvalue weighted by Crippen LogP contribution is 2.19. The highest BCUT2D eigenvalue weighted by Gasteiger charge is 2.03. The normalized spacial score (nSPS) is 10.3. The summed E-state index contributed by atoms with van der Waals surface area (Å²) in [4.78, 5) is 22.1. The van der Waals surface area contributed by atoms with E-state index >= 15 is 0 Å². The lowest BCUT2D eigenvalue weighted by molar-refractivity contribution is 0.252. The Labute approximate surface area is 170 Å². The molecule has 2 aromatic carbocycles. The molecule has 1 heterocycles. The van der Waals surface area contributed by atoms with Crippen LogP contribution in [0.4, 0.5) is 16.2 Å². The minimum atomic E-state index is -0.229. The number of aromatic nitrogens is 2. The summed E-state index contributed by atoms with van der Waals surface area (Å²) < 4.78 is 5.53. The average molecular weight is 391 g/mol. The first kappa shape index (κ1) is 20.1. The molecule has 7 nitrogen and oxygen atoms in total. The summed E-state index contributed by atoms with van der Waals surface area (Å²) in [5.41, 5.74) is 3.12. The summed E-state index contributed by atoms with van der Waals surface area (Å²) in [7, 11) is 4.05. The molecule has 0 spiro atoms. The second-order valence-corrected chi connectivity index (χ2v) is 6.70. The minimum Gasteiger partial charge on any atom is -0.424 e. The maximum Gasteiger partial charge on any atom is 0.321 e. The van der Waals surface area contributed by atoms with Crippen LogP contribution in [0, 0.1) is 0 Å². The first-order chi connectivity index (χ1) is 14.1. The van der Waals surface area contributed by atoms with Crippen molar-refractivity contribution in [2.24, 2.45) is 0 Å². The molecular weight excluding hydrogens is 366 g/mol. The van der Waals surface area contributed by atoms with Crippen molar-refractivity contribution in [1.29, 1.82) is 0 Å². The smallest absolute Gasteiger partial charge is 0.321 e. The molecule has 3 rings (SSSR count). The van der Waals surface area contributed by atoms with Gasteiger partial charge in [-0.1, -0.05) is 12.1 Å². The van der Waals surface area contributed by atoms with Crippen molar-refractivity contribution < 1.29 is 9.53 Å². The SMILES string of the molecule is CN(C)c1ccc(CCCNC(=O)Nc2ccc(Oc3ncccn3)cc2)cc1. The predicted molar refractivity (Wildman–Crippen MR) is 115 cm³/mol. The van der Waals surface area contributed by atoms with Gasteiger partial charge in [0.15, 0.2) is 0 Å². The van der Waals surface area contributed by atoms with Crippen molar-refractivity contribution in [3.8, 4) is 11.8 Å². The van der Waals surface area contributed by atoms with Crippen LogP contribution < -0.4 is 20.3 Å². The maximum atomic E-state index is 12.0. The van der Waals surface area contributed by atoms with E-state index in [1.54, 1.807) is 42.7 Å². The number of ether oxygens (including phenoxy) is 1. The highest BCUT2D eigenvalue weighted by atomic mass is 16.5. The van der Waals surface area contributed by atoms with Gasteiger partial charge >= 0.3 is 12.0 Å². The van der Waals surface area contributed by atoms with Crippen LogP contribution in [0.2, 0.25) is 0 Å². The number of carbonyl (C=O) groups is 1. The topological polar surface area (TPSA) is 79.4 Å². The third-order valence-electron chi connectivity index (χ3n) is 4.24. The number of hydrogen-bond donors (Lipinski definition) is 2. The number of hydrogen-bond acceptors (Lipinski definition) is 5. The van der Waals surface area contributed by atoms with E-state index in [-0.39, 0.29) is 12.0 Å². The summed E-state index contributed by atoms with van der Waals surface area (Å²) in [5.74, 6) is 0.599. The number of nitrogens with one attached hydrogen (secondary N) is 2. The third-order valence-corrected chi connectivity index (χ3v) is 4.24. The molecule has 2 amide bonds. The molecule has 0 fully saturated rings. The summed E-state index contributed by atoms with van der Waals surface area (Å²) >= 11 is 0. The molecule has 0 aliphatic rings. The molecule has 0 aliphatic heterocycles. The zero-order valence-electron chi connectivity index (χ0n) is 16.6. The fraction of sp³-hybridized carbons (Fsp3) is 0.227. The van der Waals surface area contributed by atoms with Gasteiger partial charge < -0.3 is 20.3 Å². The van der Waals surface area contributed by atoms with E-state index in [1.807, 2.05) is 14.1 Å². The molecule has 0 saturated carbocycles. The zero-order valence-corrected chi connectivity index (χ0v) is 16.6. The highest BCUT2D eigenvalue weighted by molar-refractivity contribution is 5.89. The zero-order chi connectivity index (χ0) is 20.5. The molecule has 0 bridgehead atoms. The molecule has 0 aliphatic carbocycles. The number of anilines is 2. The molecule has 0 saturated heterocycles. The number of urea groups is 1. The Morgan fingerprint density at radius 1 is 1.00 bits per heavy atom. The first-order valence-corrected chi connectivity index (χ1v) is 9.46. The molecule has 2 N–H and O–H groups in total. The lowest BCUT2D eigenvalue weighted by atomic mass is 10.1. The lowest BCUT2D eigenvalue weighted by Gasteiger charge is -2.12. The molecule has 3 aromatic rings. The first-order valence-electron chi connectivity index (χ1n) is 9.46. The summed E-state index contributed by atoms with van der Waals surface area (Å²) in [6.45, 7) is 0.605. The number of rotatable bonds is 8. The van der Waals surface area contributed by atoms with Crippen molar-refractivity contribution in [2.45, 2.75) is 12.8 Å². The van der Waals surface area contributed by atoms with Gasteiger partial charge in [0.2, 0.25) is 0 Å². The van der Waals surface area contributed by atoms with Crippen LogP contribution in [-0.2, 0) is 6.42 Å². The summed E-state index contributed by atoms with van der Waals surface area (Å²) in [5, 5.41) is 5.69. The summed E-state index contributed by atoms with van der Waals surface area (Å²) in [6.07, 6.45) is 5.02. The van der Waals surface area contributed by atoms with Gasteiger partial charge in [0.25, 0.3) is 0 Å². The average Bonchev–Trinajstić information content (AvgIpc) is 2.74. The van der Waals surface area contributed by atoms with Crippen molar-refractivity contribution in [3.05, 3.63) is 72.6 Å². The fourth-order valence-corrected chi connectivity index (χ4v) is 2.68. The summed E-state index contributed by atoms with van der Waals surface area (Å²) in [6, 6.07) is 17.3. The van der Waals surface area contributed by atoms with Gasteiger partial charge in [0.1, 0.15) is 5.75 Å². The Morgan fingerprint density at radius 2 is 1.69 bits per heavy atom. The molecule has 29 heavy (non-hydrogen) atoms. The van der Waals surface area contributed by atoms with Crippen molar-refractivity contribution in [3.63, 3.8) is 0 Å². The van der Waals surface area contributed by atoms with Crippen LogP contribution in [0.25, 0.3) is 0 Å². The van der Waals surface area contributed by atoms with Crippen LogP contribution in [-0.4, -0.2) is 36.6 Å². The number of carbonyl (C=O) groups excluding carboxylic acids is 1. The van der Waals surface area contributed by atoms with Crippen molar-refractivity contribution in [2.75, 3.05) is 30.9 Å². The number of nitrogens with zero attached hydrogens (tertiary/aromatic N) is 3. The Balaban J connectivity index is 1.38. The lowest BCUT2D eigenvalue weighted by Crippen LogP contribution is -2.29. The van der Waals surface area contributed by atoms with E-state index in [9.17, 15) is 4.79 Å². The molecule has 7 heteroatoms. The standard InChI is InChI=1S/C22H25N5O2/c1-27(2)19-10-6-17(7-11-19)5-3-14-23-21(28)26-18-8-12-20(13-9-18)29-22-24-15-4-16-25-22/h4,6-13,15-16H,3,5,14H2,1-2H3,(H2,23,26,28). The van der Waals surface area contributed by atoms with Crippen LogP contribution in [0.15, 0.2) is 67.0 Å². The second-order valence-electron chi connectivity index (χ2n) is 6.70. The van der Waals surface area contributed by atoms with E-state index in [0.29, 0.717) is 18.0 Å². The van der Waals surface area contributed by atoms with Gasteiger partial charge in [0, 0.05) is 44.4 Å². The molecule has 0 atom stereocenters. The Morgan fingerprint density at radius 3 is 2.34 bits per heavy atom. The Hall–Kier alpha value is -3.61. The number of amides is 2. The predicted octanol–water partition coefficient (Wildman–Crippen LogP) is 4.09. The largest absolute Gasteiger partial charge is 0.424 e. The van der Waals surface area contributed by atoms with Gasteiger partial charge in [-0.3, -0.25) is 0 Å². The minimum absolute atomic E-state index is 0.229. The van der Waals surface area contributed by atoms with Crippen molar-refractivity contribution >= 4 is 17.4 Å². The Kier molecular flexibility index (Phi) is 7.00. The number of benzene rings is 2. The van der Waals surface area contributed by atoms with E-state index in [2.05, 4.69) is 49.8 Å². The maximum absolute atomic E-state index is 12.0. The molecular formula is C22H25N5O2. The molecule has 150 valence electrons. The van der Waals surface area contributed by atoms with E-state index in [0.717, 1.165) is 12.8 Å². The van der Waals surface area contributed by atoms with Gasteiger partial charge in [-0.2, -0.15) is 0 Å².